The number of halogens is 1. The zero-order valence-corrected chi connectivity index (χ0v) is 18.0. The van der Waals surface area contributed by atoms with Gasteiger partial charge in [-0.3, -0.25) is 4.99 Å². The fourth-order valence-corrected chi connectivity index (χ4v) is 2.91. The molecule has 1 atom stereocenters. The van der Waals surface area contributed by atoms with E-state index in [1.807, 2.05) is 30.3 Å². The number of guanidine groups is 1. The van der Waals surface area contributed by atoms with Crippen LogP contribution in [0, 0.1) is 0 Å². The van der Waals surface area contributed by atoms with Gasteiger partial charge in [0, 0.05) is 26.7 Å². The molecule has 146 valence electrons. The van der Waals surface area contributed by atoms with Crippen LogP contribution in [0.1, 0.15) is 24.0 Å². The summed E-state index contributed by atoms with van der Waals surface area (Å²) in [6.45, 7) is 2.92. The van der Waals surface area contributed by atoms with E-state index in [1.54, 1.807) is 7.05 Å². The Morgan fingerprint density at radius 3 is 2.67 bits per heavy atom. The van der Waals surface area contributed by atoms with Crippen molar-refractivity contribution in [1.29, 1.82) is 0 Å². The average molecular weight is 481 g/mol. The Morgan fingerprint density at radius 1 is 1.11 bits per heavy atom. The Hall–Kier alpha value is -1.80. The van der Waals surface area contributed by atoms with E-state index in [2.05, 4.69) is 39.9 Å². The van der Waals surface area contributed by atoms with Crippen LogP contribution in [0.3, 0.4) is 0 Å². The minimum atomic E-state index is 0. The maximum Gasteiger partial charge on any atom is 0.191 e. The number of hydrogen-bond donors (Lipinski definition) is 2. The summed E-state index contributed by atoms with van der Waals surface area (Å²) in [6, 6.07) is 18.3. The minimum Gasteiger partial charge on any atom is -0.489 e. The van der Waals surface area contributed by atoms with Gasteiger partial charge in [-0.15, -0.1) is 24.0 Å². The summed E-state index contributed by atoms with van der Waals surface area (Å²) >= 11 is 0. The van der Waals surface area contributed by atoms with E-state index in [0.29, 0.717) is 19.3 Å². The highest BCUT2D eigenvalue weighted by atomic mass is 127. The molecule has 0 radical (unpaired) electrons. The number of ether oxygens (including phenoxy) is 2. The smallest absolute Gasteiger partial charge is 0.191 e. The zero-order valence-electron chi connectivity index (χ0n) is 15.7. The lowest BCUT2D eigenvalue weighted by atomic mass is 10.2. The number of aliphatic imine (C=N–C) groups is 1. The van der Waals surface area contributed by atoms with E-state index in [1.165, 1.54) is 0 Å². The molecule has 1 saturated heterocycles. The van der Waals surface area contributed by atoms with Crippen molar-refractivity contribution in [3.05, 3.63) is 65.7 Å². The molecule has 2 aromatic carbocycles. The third-order valence-corrected chi connectivity index (χ3v) is 4.35. The van der Waals surface area contributed by atoms with Crippen molar-refractivity contribution in [1.82, 2.24) is 10.6 Å². The van der Waals surface area contributed by atoms with Crippen LogP contribution in [0.25, 0.3) is 0 Å². The molecule has 1 aliphatic rings. The van der Waals surface area contributed by atoms with Crippen LogP contribution in [0.15, 0.2) is 59.6 Å². The first kappa shape index (κ1) is 21.5. The third kappa shape index (κ3) is 7.38. The first-order valence-corrected chi connectivity index (χ1v) is 9.15. The van der Waals surface area contributed by atoms with Crippen LogP contribution in [-0.4, -0.2) is 32.3 Å². The van der Waals surface area contributed by atoms with Gasteiger partial charge in [0.05, 0.1) is 6.10 Å². The van der Waals surface area contributed by atoms with E-state index in [4.69, 9.17) is 9.47 Å². The molecule has 0 aromatic heterocycles. The van der Waals surface area contributed by atoms with Crippen molar-refractivity contribution in [3.63, 3.8) is 0 Å². The average Bonchev–Trinajstić information content (AvgIpc) is 3.21. The van der Waals surface area contributed by atoms with Gasteiger partial charge in [-0.1, -0.05) is 42.5 Å². The first-order chi connectivity index (χ1) is 12.8. The van der Waals surface area contributed by atoms with Crippen LogP contribution in [-0.2, 0) is 17.9 Å². The summed E-state index contributed by atoms with van der Waals surface area (Å²) in [6.07, 6.45) is 2.56. The third-order valence-electron chi connectivity index (χ3n) is 4.35. The summed E-state index contributed by atoms with van der Waals surface area (Å²) < 4.78 is 11.5. The largest absolute Gasteiger partial charge is 0.489 e. The molecule has 1 heterocycles. The van der Waals surface area contributed by atoms with Crippen molar-refractivity contribution in [3.8, 4) is 5.75 Å². The topological polar surface area (TPSA) is 54.9 Å². The van der Waals surface area contributed by atoms with Gasteiger partial charge >= 0.3 is 0 Å². The molecule has 5 nitrogen and oxygen atoms in total. The lowest BCUT2D eigenvalue weighted by Crippen LogP contribution is -2.40. The maximum atomic E-state index is 5.89. The predicted molar refractivity (Wildman–Crippen MR) is 120 cm³/mol. The Labute approximate surface area is 178 Å². The second-order valence-corrected chi connectivity index (χ2v) is 6.36. The van der Waals surface area contributed by atoms with Gasteiger partial charge in [0.1, 0.15) is 12.4 Å². The standard InChI is InChI=1S/C21H27N3O2.HI/c1-22-21(24-15-20-11-6-12-25-20)23-14-18-9-5-10-19(13-18)26-16-17-7-3-2-4-8-17;/h2-5,7-10,13,20H,6,11-12,14-16H2,1H3,(H2,22,23,24);1H. The summed E-state index contributed by atoms with van der Waals surface area (Å²) in [7, 11) is 1.78. The fourth-order valence-electron chi connectivity index (χ4n) is 2.91. The zero-order chi connectivity index (χ0) is 18.0. The molecule has 0 amide bonds. The lowest BCUT2D eigenvalue weighted by Gasteiger charge is -2.15. The molecule has 0 saturated carbocycles. The Morgan fingerprint density at radius 2 is 1.93 bits per heavy atom. The molecule has 1 fully saturated rings. The van der Waals surface area contributed by atoms with E-state index in [-0.39, 0.29) is 24.0 Å². The van der Waals surface area contributed by atoms with Crippen molar-refractivity contribution in [2.24, 2.45) is 4.99 Å². The molecule has 6 heteroatoms. The quantitative estimate of drug-likeness (QED) is 0.360. The SMILES string of the molecule is CN=C(NCc1cccc(OCc2ccccc2)c1)NCC1CCCO1.I. The van der Waals surface area contributed by atoms with Crippen molar-refractivity contribution in [2.45, 2.75) is 32.1 Å². The monoisotopic (exact) mass is 481 g/mol. The Kier molecular flexibility index (Phi) is 9.41. The van der Waals surface area contributed by atoms with Crippen molar-refractivity contribution < 1.29 is 9.47 Å². The molecule has 27 heavy (non-hydrogen) atoms. The Bertz CT molecular complexity index is 704. The van der Waals surface area contributed by atoms with Gasteiger partial charge in [-0.25, -0.2) is 0 Å². The highest BCUT2D eigenvalue weighted by molar-refractivity contribution is 14.0. The highest BCUT2D eigenvalue weighted by Crippen LogP contribution is 2.15. The number of nitrogens with one attached hydrogen (secondary N) is 2. The molecular weight excluding hydrogens is 453 g/mol. The second-order valence-electron chi connectivity index (χ2n) is 6.36. The van der Waals surface area contributed by atoms with Crippen molar-refractivity contribution in [2.75, 3.05) is 20.2 Å². The van der Waals surface area contributed by atoms with Crippen LogP contribution in [0.5, 0.6) is 5.75 Å². The van der Waals surface area contributed by atoms with E-state index >= 15 is 0 Å². The molecule has 3 rings (SSSR count). The predicted octanol–water partition coefficient (Wildman–Crippen LogP) is 3.73. The summed E-state index contributed by atoms with van der Waals surface area (Å²) in [5.74, 6) is 1.66. The van der Waals surface area contributed by atoms with Crippen LogP contribution < -0.4 is 15.4 Å². The molecule has 2 N–H and O–H groups in total. The molecule has 2 aromatic rings. The Balaban J connectivity index is 0.00000261. The van der Waals surface area contributed by atoms with Gasteiger partial charge < -0.3 is 20.1 Å². The molecule has 1 unspecified atom stereocenters. The summed E-state index contributed by atoms with van der Waals surface area (Å²) in [4.78, 5) is 4.27. The highest BCUT2D eigenvalue weighted by Gasteiger charge is 2.15. The summed E-state index contributed by atoms with van der Waals surface area (Å²) in [5.41, 5.74) is 2.31. The molecule has 0 aliphatic carbocycles. The number of rotatable bonds is 7. The van der Waals surface area contributed by atoms with E-state index < -0.39 is 0 Å². The minimum absolute atomic E-state index is 0. The van der Waals surface area contributed by atoms with Gasteiger partial charge in [0.15, 0.2) is 5.96 Å². The molecular formula is C21H28IN3O2. The molecule has 0 spiro atoms. The van der Waals surface area contributed by atoms with Gasteiger partial charge in [0.2, 0.25) is 0 Å². The lowest BCUT2D eigenvalue weighted by molar-refractivity contribution is 0.114. The van der Waals surface area contributed by atoms with E-state index in [9.17, 15) is 0 Å². The second kappa shape index (κ2) is 11.8. The normalized spacial score (nSPS) is 16.5. The van der Waals surface area contributed by atoms with Gasteiger partial charge in [-0.05, 0) is 36.1 Å². The number of hydrogen-bond acceptors (Lipinski definition) is 3. The molecule has 1 aliphatic heterocycles. The maximum absolute atomic E-state index is 5.89. The van der Waals surface area contributed by atoms with Gasteiger partial charge in [0.25, 0.3) is 0 Å². The van der Waals surface area contributed by atoms with Crippen molar-refractivity contribution >= 4 is 29.9 Å². The number of benzene rings is 2. The van der Waals surface area contributed by atoms with Gasteiger partial charge in [-0.2, -0.15) is 0 Å². The van der Waals surface area contributed by atoms with Crippen LogP contribution >= 0.6 is 24.0 Å². The number of nitrogens with zero attached hydrogens (tertiary/aromatic N) is 1. The summed E-state index contributed by atoms with van der Waals surface area (Å²) in [5, 5.41) is 6.66. The first-order valence-electron chi connectivity index (χ1n) is 9.15. The molecule has 0 bridgehead atoms. The fraction of sp³-hybridized carbons (Fsp3) is 0.381. The van der Waals surface area contributed by atoms with Crippen LogP contribution in [0.4, 0.5) is 0 Å². The van der Waals surface area contributed by atoms with Crippen LogP contribution in [0.2, 0.25) is 0 Å². The van der Waals surface area contributed by atoms with E-state index in [0.717, 1.165) is 48.8 Å².